The number of likely N-dealkylation sites (N-methyl/N-ethyl adjacent to an activating group) is 1. The van der Waals surface area contributed by atoms with Crippen LogP contribution >= 0.6 is 0 Å². The van der Waals surface area contributed by atoms with Crippen molar-refractivity contribution in [2.75, 3.05) is 20.6 Å². The number of aryl methyl sites for hydroxylation is 2. The molecular weight excluding hydrogens is 246 g/mol. The second kappa shape index (κ2) is 5.55. The van der Waals surface area contributed by atoms with E-state index in [0.29, 0.717) is 6.54 Å². The highest BCUT2D eigenvalue weighted by molar-refractivity contribution is 5.90. The third kappa shape index (κ3) is 2.46. The second-order valence-electron chi connectivity index (χ2n) is 6.13. The Morgan fingerprint density at radius 3 is 2.55 bits per heavy atom. The lowest BCUT2D eigenvalue weighted by molar-refractivity contribution is 0.139. The van der Waals surface area contributed by atoms with Gasteiger partial charge in [0.1, 0.15) is 0 Å². The lowest BCUT2D eigenvalue weighted by atomic mass is 9.84. The van der Waals surface area contributed by atoms with E-state index < -0.39 is 6.10 Å². The van der Waals surface area contributed by atoms with E-state index in [2.05, 4.69) is 30.3 Å². The summed E-state index contributed by atoms with van der Waals surface area (Å²) in [4.78, 5) is 2.04. The molecule has 0 bridgehead atoms. The maximum atomic E-state index is 10.5. The zero-order chi connectivity index (χ0) is 14.1. The Morgan fingerprint density at radius 1 is 1.10 bits per heavy atom. The molecule has 1 aliphatic carbocycles. The van der Waals surface area contributed by atoms with Crippen LogP contribution in [0.15, 0.2) is 30.3 Å². The Hall–Kier alpha value is -1.38. The third-order valence-corrected chi connectivity index (χ3v) is 4.30. The summed E-state index contributed by atoms with van der Waals surface area (Å²) in [6, 6.07) is 10.8. The zero-order valence-corrected chi connectivity index (χ0v) is 12.4. The van der Waals surface area contributed by atoms with Crippen LogP contribution in [0.25, 0.3) is 10.8 Å². The third-order valence-electron chi connectivity index (χ3n) is 4.30. The van der Waals surface area contributed by atoms with Gasteiger partial charge < -0.3 is 10.0 Å². The minimum atomic E-state index is -0.415. The van der Waals surface area contributed by atoms with Crippen LogP contribution in [0.2, 0.25) is 0 Å². The van der Waals surface area contributed by atoms with E-state index in [0.717, 1.165) is 12.0 Å². The van der Waals surface area contributed by atoms with Crippen molar-refractivity contribution in [3.8, 4) is 0 Å². The van der Waals surface area contributed by atoms with E-state index >= 15 is 0 Å². The van der Waals surface area contributed by atoms with Gasteiger partial charge in [0, 0.05) is 6.54 Å². The van der Waals surface area contributed by atoms with E-state index in [9.17, 15) is 5.11 Å². The molecule has 2 aromatic carbocycles. The van der Waals surface area contributed by atoms with Crippen molar-refractivity contribution < 1.29 is 5.11 Å². The van der Waals surface area contributed by atoms with Crippen molar-refractivity contribution >= 4 is 10.8 Å². The predicted octanol–water partition coefficient (Wildman–Crippen LogP) is 3.31. The van der Waals surface area contributed by atoms with E-state index in [1.165, 1.54) is 41.2 Å². The molecule has 2 heteroatoms. The highest BCUT2D eigenvalue weighted by atomic mass is 16.3. The number of fused-ring (bicyclic) bond motifs is 3. The molecule has 0 radical (unpaired) electrons. The summed E-state index contributed by atoms with van der Waals surface area (Å²) >= 11 is 0. The Balaban J connectivity index is 2.16. The van der Waals surface area contributed by atoms with Gasteiger partial charge in [0.2, 0.25) is 0 Å². The summed E-state index contributed by atoms with van der Waals surface area (Å²) in [6.45, 7) is 0.669. The molecule has 2 nitrogen and oxygen atoms in total. The Morgan fingerprint density at radius 2 is 1.80 bits per heavy atom. The van der Waals surface area contributed by atoms with E-state index in [1.807, 2.05) is 19.0 Å². The summed E-state index contributed by atoms with van der Waals surface area (Å²) in [5.41, 5.74) is 4.05. The molecule has 3 rings (SSSR count). The van der Waals surface area contributed by atoms with Crippen molar-refractivity contribution in [1.29, 1.82) is 0 Å². The van der Waals surface area contributed by atoms with Gasteiger partial charge in [-0.1, -0.05) is 30.3 Å². The molecule has 0 heterocycles. The number of hydrogen-bond donors (Lipinski definition) is 1. The van der Waals surface area contributed by atoms with Crippen molar-refractivity contribution in [3.05, 3.63) is 47.0 Å². The fourth-order valence-corrected chi connectivity index (χ4v) is 3.38. The lowest BCUT2D eigenvalue weighted by Gasteiger charge is -2.24. The quantitative estimate of drug-likeness (QED) is 0.924. The predicted molar refractivity (Wildman–Crippen MR) is 84.1 cm³/mol. The fourth-order valence-electron chi connectivity index (χ4n) is 3.38. The zero-order valence-electron chi connectivity index (χ0n) is 12.4. The molecule has 0 aliphatic heterocycles. The van der Waals surface area contributed by atoms with Gasteiger partial charge in [-0.15, -0.1) is 0 Å². The van der Waals surface area contributed by atoms with Crippen LogP contribution in [0.1, 0.15) is 35.6 Å². The highest BCUT2D eigenvalue weighted by Crippen LogP contribution is 2.34. The standard InChI is InChI=1S/C18H23NO/c1-19(2)12-18(20)17-11-13-7-3-4-8-14(13)15-9-5-6-10-16(15)17/h5-6,9-11,18,20H,3-4,7-8,12H2,1-2H3. The molecule has 0 fully saturated rings. The number of benzene rings is 2. The SMILES string of the molecule is CN(C)CC(O)c1cc2c(c3ccccc13)CCCC2. The van der Waals surface area contributed by atoms with Crippen molar-refractivity contribution in [1.82, 2.24) is 4.90 Å². The van der Waals surface area contributed by atoms with Crippen LogP contribution in [0, 0.1) is 0 Å². The molecule has 20 heavy (non-hydrogen) atoms. The topological polar surface area (TPSA) is 23.5 Å². The Kier molecular flexibility index (Phi) is 3.77. The van der Waals surface area contributed by atoms with Gasteiger partial charge in [-0.3, -0.25) is 0 Å². The molecule has 1 unspecified atom stereocenters. The second-order valence-corrected chi connectivity index (χ2v) is 6.13. The van der Waals surface area contributed by atoms with Crippen LogP contribution in [0.3, 0.4) is 0 Å². The normalized spacial score (nSPS) is 16.4. The summed E-state index contributed by atoms with van der Waals surface area (Å²) < 4.78 is 0. The van der Waals surface area contributed by atoms with Crippen molar-refractivity contribution in [2.45, 2.75) is 31.8 Å². The van der Waals surface area contributed by atoms with Gasteiger partial charge in [0.05, 0.1) is 6.10 Å². The maximum Gasteiger partial charge on any atom is 0.0922 e. The first-order valence-electron chi connectivity index (χ1n) is 7.53. The van der Waals surface area contributed by atoms with E-state index in [-0.39, 0.29) is 0 Å². The molecule has 2 aromatic rings. The van der Waals surface area contributed by atoms with Gasteiger partial charge in [-0.2, -0.15) is 0 Å². The van der Waals surface area contributed by atoms with E-state index in [1.54, 1.807) is 0 Å². The molecule has 1 atom stereocenters. The van der Waals surface area contributed by atoms with Gasteiger partial charge in [-0.25, -0.2) is 0 Å². The molecule has 0 saturated carbocycles. The number of rotatable bonds is 3. The molecule has 1 N–H and O–H groups in total. The van der Waals surface area contributed by atoms with Gasteiger partial charge >= 0.3 is 0 Å². The molecular formula is C18H23NO. The lowest BCUT2D eigenvalue weighted by Crippen LogP contribution is -2.20. The summed E-state index contributed by atoms with van der Waals surface area (Å²) in [6.07, 6.45) is 4.48. The highest BCUT2D eigenvalue weighted by Gasteiger charge is 2.19. The maximum absolute atomic E-state index is 10.5. The molecule has 0 saturated heterocycles. The summed E-state index contributed by atoms with van der Waals surface area (Å²) in [7, 11) is 4.01. The molecule has 1 aliphatic rings. The minimum absolute atomic E-state index is 0.415. The summed E-state index contributed by atoms with van der Waals surface area (Å²) in [5, 5.41) is 13.1. The monoisotopic (exact) mass is 269 g/mol. The first-order chi connectivity index (χ1) is 9.66. The molecule has 0 aromatic heterocycles. The van der Waals surface area contributed by atoms with Crippen molar-refractivity contribution in [3.63, 3.8) is 0 Å². The smallest absolute Gasteiger partial charge is 0.0922 e. The van der Waals surface area contributed by atoms with Crippen LogP contribution in [0.4, 0.5) is 0 Å². The minimum Gasteiger partial charge on any atom is -0.387 e. The van der Waals surface area contributed by atoms with Crippen LogP contribution in [-0.4, -0.2) is 30.6 Å². The number of hydrogen-bond acceptors (Lipinski definition) is 2. The first kappa shape index (κ1) is 13.6. The van der Waals surface area contributed by atoms with Gasteiger partial charge in [0.15, 0.2) is 0 Å². The van der Waals surface area contributed by atoms with Crippen molar-refractivity contribution in [2.24, 2.45) is 0 Å². The number of aliphatic hydroxyl groups is 1. The average Bonchev–Trinajstić information content (AvgIpc) is 2.45. The van der Waals surface area contributed by atoms with Crippen LogP contribution < -0.4 is 0 Å². The molecule has 0 spiro atoms. The first-order valence-corrected chi connectivity index (χ1v) is 7.53. The number of nitrogens with zero attached hydrogens (tertiary/aromatic N) is 1. The Bertz CT molecular complexity index is 618. The fraction of sp³-hybridized carbons (Fsp3) is 0.444. The van der Waals surface area contributed by atoms with Gasteiger partial charge in [-0.05, 0) is 67.2 Å². The van der Waals surface area contributed by atoms with Gasteiger partial charge in [0.25, 0.3) is 0 Å². The van der Waals surface area contributed by atoms with E-state index in [4.69, 9.17) is 0 Å². The molecule has 106 valence electrons. The average molecular weight is 269 g/mol. The molecule has 0 amide bonds. The largest absolute Gasteiger partial charge is 0.387 e. The van der Waals surface area contributed by atoms with Crippen LogP contribution in [-0.2, 0) is 12.8 Å². The number of aliphatic hydroxyl groups excluding tert-OH is 1. The van der Waals surface area contributed by atoms with Crippen LogP contribution in [0.5, 0.6) is 0 Å². The summed E-state index contributed by atoms with van der Waals surface area (Å²) in [5.74, 6) is 0. The Labute approximate surface area is 121 Å².